The zero-order valence-corrected chi connectivity index (χ0v) is 15.5. The molecule has 0 unspecified atom stereocenters. The van der Waals surface area contributed by atoms with Crippen molar-refractivity contribution in [2.24, 2.45) is 0 Å². The van der Waals surface area contributed by atoms with E-state index in [9.17, 15) is 4.79 Å². The van der Waals surface area contributed by atoms with Gasteiger partial charge in [-0.2, -0.15) is 5.10 Å². The standard InChI is InChI=1S/C19H19ClN4O2/c1-12-5-6-17-14(8-12)4-3-7-24(17)19(25)18-16(13(2)26-22-18)11-23-10-15(20)9-21-23/h5-6,8-10H,3-4,7,11H2,1-2H3. The van der Waals surface area contributed by atoms with Crippen LogP contribution in [-0.4, -0.2) is 27.4 Å². The summed E-state index contributed by atoms with van der Waals surface area (Å²) in [5, 5.41) is 8.77. The Bertz CT molecular complexity index is 976. The SMILES string of the molecule is Cc1ccc2c(c1)CCCN2C(=O)c1noc(C)c1Cn1cc(Cl)cn1. The van der Waals surface area contributed by atoms with E-state index < -0.39 is 0 Å². The highest BCUT2D eigenvalue weighted by Crippen LogP contribution is 2.30. The summed E-state index contributed by atoms with van der Waals surface area (Å²) in [6, 6.07) is 6.20. The molecule has 1 amide bonds. The van der Waals surface area contributed by atoms with E-state index in [1.807, 2.05) is 12.1 Å². The van der Waals surface area contributed by atoms with Crippen LogP contribution >= 0.6 is 11.6 Å². The molecule has 4 rings (SSSR count). The highest BCUT2D eigenvalue weighted by Gasteiger charge is 2.29. The number of rotatable bonds is 3. The lowest BCUT2D eigenvalue weighted by Gasteiger charge is -2.29. The van der Waals surface area contributed by atoms with Crippen molar-refractivity contribution in [3.63, 3.8) is 0 Å². The summed E-state index contributed by atoms with van der Waals surface area (Å²) < 4.78 is 6.99. The van der Waals surface area contributed by atoms with Crippen LogP contribution in [0.25, 0.3) is 0 Å². The van der Waals surface area contributed by atoms with Crippen molar-refractivity contribution < 1.29 is 9.32 Å². The van der Waals surface area contributed by atoms with Crippen molar-refractivity contribution in [3.05, 3.63) is 63.8 Å². The molecule has 1 aliphatic rings. The number of hydrogen-bond acceptors (Lipinski definition) is 4. The van der Waals surface area contributed by atoms with Gasteiger partial charge in [0.15, 0.2) is 5.69 Å². The molecule has 0 N–H and O–H groups in total. The first-order valence-electron chi connectivity index (χ1n) is 8.57. The monoisotopic (exact) mass is 370 g/mol. The van der Waals surface area contributed by atoms with Crippen molar-refractivity contribution in [1.82, 2.24) is 14.9 Å². The third-order valence-electron chi connectivity index (χ3n) is 4.71. The summed E-state index contributed by atoms with van der Waals surface area (Å²) in [6.45, 7) is 4.93. The number of carbonyl (C=O) groups is 1. The molecular weight excluding hydrogens is 352 g/mol. The van der Waals surface area contributed by atoms with Gasteiger partial charge in [0, 0.05) is 24.0 Å². The Kier molecular flexibility index (Phi) is 4.28. The number of nitrogens with zero attached hydrogens (tertiary/aromatic N) is 4. The summed E-state index contributed by atoms with van der Waals surface area (Å²) in [4.78, 5) is 15.0. The van der Waals surface area contributed by atoms with Crippen LogP contribution in [0.2, 0.25) is 5.02 Å². The first-order valence-corrected chi connectivity index (χ1v) is 8.95. The molecule has 7 heteroatoms. The molecule has 26 heavy (non-hydrogen) atoms. The fraction of sp³-hybridized carbons (Fsp3) is 0.316. The van der Waals surface area contributed by atoms with Crippen molar-refractivity contribution in [2.45, 2.75) is 33.2 Å². The Balaban J connectivity index is 1.68. The van der Waals surface area contributed by atoms with Gasteiger partial charge in [0.2, 0.25) is 0 Å². The lowest BCUT2D eigenvalue weighted by molar-refractivity contribution is 0.0975. The minimum absolute atomic E-state index is 0.139. The minimum Gasteiger partial charge on any atom is -0.361 e. The molecule has 0 spiro atoms. The second kappa shape index (κ2) is 6.61. The molecule has 0 saturated heterocycles. The average Bonchev–Trinajstić information content (AvgIpc) is 3.20. The van der Waals surface area contributed by atoms with Crippen molar-refractivity contribution in [2.75, 3.05) is 11.4 Å². The second-order valence-corrected chi connectivity index (χ2v) is 7.05. The smallest absolute Gasteiger partial charge is 0.280 e. The minimum atomic E-state index is -0.139. The Morgan fingerprint density at radius 2 is 2.19 bits per heavy atom. The molecule has 0 atom stereocenters. The Morgan fingerprint density at radius 1 is 1.35 bits per heavy atom. The number of fused-ring (bicyclic) bond motifs is 1. The van der Waals surface area contributed by atoms with Gasteiger partial charge < -0.3 is 9.42 Å². The largest absolute Gasteiger partial charge is 0.361 e. The fourth-order valence-corrected chi connectivity index (χ4v) is 3.55. The number of amides is 1. The average molecular weight is 371 g/mol. The molecule has 3 aromatic rings. The summed E-state index contributed by atoms with van der Waals surface area (Å²) in [6.07, 6.45) is 5.19. The molecule has 134 valence electrons. The molecule has 0 aliphatic carbocycles. The number of hydrogen-bond donors (Lipinski definition) is 0. The third kappa shape index (κ3) is 3.01. The van der Waals surface area contributed by atoms with E-state index in [2.05, 4.69) is 23.2 Å². The summed E-state index contributed by atoms with van der Waals surface area (Å²) in [7, 11) is 0. The van der Waals surface area contributed by atoms with Gasteiger partial charge in [-0.3, -0.25) is 9.48 Å². The van der Waals surface area contributed by atoms with Gasteiger partial charge in [0.05, 0.1) is 17.8 Å². The molecule has 6 nitrogen and oxygen atoms in total. The highest BCUT2D eigenvalue weighted by molar-refractivity contribution is 6.30. The molecule has 3 heterocycles. The second-order valence-electron chi connectivity index (χ2n) is 6.61. The molecular formula is C19H19ClN4O2. The van der Waals surface area contributed by atoms with E-state index in [0.717, 1.165) is 24.1 Å². The molecule has 2 aromatic heterocycles. The first kappa shape index (κ1) is 16.8. The zero-order chi connectivity index (χ0) is 18.3. The van der Waals surface area contributed by atoms with E-state index in [4.69, 9.17) is 16.1 Å². The van der Waals surface area contributed by atoms with Gasteiger partial charge in [-0.25, -0.2) is 0 Å². The maximum Gasteiger partial charge on any atom is 0.280 e. The van der Waals surface area contributed by atoms with Gasteiger partial charge in [-0.05, 0) is 38.3 Å². The number of benzene rings is 1. The van der Waals surface area contributed by atoms with Crippen molar-refractivity contribution in [3.8, 4) is 0 Å². The lowest BCUT2D eigenvalue weighted by Crippen LogP contribution is -2.36. The number of anilines is 1. The quantitative estimate of drug-likeness (QED) is 0.703. The Morgan fingerprint density at radius 3 is 2.96 bits per heavy atom. The normalized spacial score (nSPS) is 13.7. The van der Waals surface area contributed by atoms with Gasteiger partial charge in [0.25, 0.3) is 5.91 Å². The van der Waals surface area contributed by atoms with Crippen LogP contribution in [0, 0.1) is 13.8 Å². The lowest BCUT2D eigenvalue weighted by atomic mass is 9.99. The molecule has 1 aromatic carbocycles. The van der Waals surface area contributed by atoms with E-state index >= 15 is 0 Å². The summed E-state index contributed by atoms with van der Waals surface area (Å²) in [5.41, 5.74) is 4.42. The molecule has 0 saturated carbocycles. The maximum absolute atomic E-state index is 13.2. The predicted molar refractivity (Wildman–Crippen MR) is 98.8 cm³/mol. The third-order valence-corrected chi connectivity index (χ3v) is 4.90. The number of halogens is 1. The Hall–Kier alpha value is -2.60. The molecule has 0 radical (unpaired) electrons. The molecule has 0 bridgehead atoms. The zero-order valence-electron chi connectivity index (χ0n) is 14.7. The van der Waals surface area contributed by atoms with Gasteiger partial charge in [-0.15, -0.1) is 0 Å². The van der Waals surface area contributed by atoms with Crippen LogP contribution in [0.1, 0.15) is 39.4 Å². The van der Waals surface area contributed by atoms with Crippen LogP contribution in [0.15, 0.2) is 35.1 Å². The van der Waals surface area contributed by atoms with E-state index in [1.165, 1.54) is 11.1 Å². The number of aryl methyl sites for hydroxylation is 3. The van der Waals surface area contributed by atoms with E-state index in [1.54, 1.807) is 28.9 Å². The van der Waals surface area contributed by atoms with Crippen molar-refractivity contribution in [1.29, 1.82) is 0 Å². The van der Waals surface area contributed by atoms with E-state index in [-0.39, 0.29) is 5.91 Å². The molecule has 0 fully saturated rings. The summed E-state index contributed by atoms with van der Waals surface area (Å²) >= 11 is 5.94. The van der Waals surface area contributed by atoms with Crippen LogP contribution in [0.3, 0.4) is 0 Å². The van der Waals surface area contributed by atoms with Crippen LogP contribution < -0.4 is 4.90 Å². The van der Waals surface area contributed by atoms with E-state index in [0.29, 0.717) is 29.6 Å². The predicted octanol–water partition coefficient (Wildman–Crippen LogP) is 3.78. The van der Waals surface area contributed by atoms with Crippen LogP contribution in [0.4, 0.5) is 5.69 Å². The van der Waals surface area contributed by atoms with Crippen LogP contribution in [0.5, 0.6) is 0 Å². The maximum atomic E-state index is 13.2. The number of carbonyl (C=O) groups excluding carboxylic acids is 1. The topological polar surface area (TPSA) is 64.2 Å². The van der Waals surface area contributed by atoms with Gasteiger partial charge in [-0.1, -0.05) is 34.5 Å². The Labute approximate surface area is 156 Å². The summed E-state index contributed by atoms with van der Waals surface area (Å²) in [5.74, 6) is 0.473. The number of aromatic nitrogens is 3. The molecule has 1 aliphatic heterocycles. The highest BCUT2D eigenvalue weighted by atomic mass is 35.5. The first-order chi connectivity index (χ1) is 12.5. The van der Waals surface area contributed by atoms with Gasteiger partial charge >= 0.3 is 0 Å². The fourth-order valence-electron chi connectivity index (χ4n) is 3.40. The van der Waals surface area contributed by atoms with Crippen LogP contribution in [-0.2, 0) is 13.0 Å². The van der Waals surface area contributed by atoms with Crippen molar-refractivity contribution >= 4 is 23.2 Å². The van der Waals surface area contributed by atoms with Gasteiger partial charge in [0.1, 0.15) is 5.76 Å².